The van der Waals surface area contributed by atoms with Crippen LogP contribution < -0.4 is 5.56 Å². The summed E-state index contributed by atoms with van der Waals surface area (Å²) in [4.78, 5) is 33.0. The molecule has 1 aliphatic heterocycles. The number of hydrogen-bond donors (Lipinski definition) is 0. The van der Waals surface area contributed by atoms with Crippen LogP contribution in [0.5, 0.6) is 0 Å². The topological polar surface area (TPSA) is 73.0 Å². The summed E-state index contributed by atoms with van der Waals surface area (Å²) in [6.07, 6.45) is 2.82. The molecule has 5 rings (SSSR count). The molecule has 4 aromatic rings. The molecule has 36 heavy (non-hydrogen) atoms. The van der Waals surface area contributed by atoms with Gasteiger partial charge in [-0.25, -0.2) is 8.78 Å². The molecule has 0 saturated heterocycles. The Morgan fingerprint density at radius 2 is 1.89 bits per heavy atom. The van der Waals surface area contributed by atoms with Gasteiger partial charge in [0.1, 0.15) is 17.3 Å². The first-order valence-corrected chi connectivity index (χ1v) is 11.8. The van der Waals surface area contributed by atoms with Crippen LogP contribution in [0.1, 0.15) is 40.1 Å². The van der Waals surface area contributed by atoms with E-state index in [0.717, 1.165) is 35.5 Å². The van der Waals surface area contributed by atoms with Crippen molar-refractivity contribution in [1.29, 1.82) is 0 Å². The summed E-state index contributed by atoms with van der Waals surface area (Å²) < 4.78 is 31.5. The number of carbonyl (C=O) groups is 1. The maximum absolute atomic E-state index is 14.7. The minimum Gasteiger partial charge on any atom is -0.333 e. The number of amides is 1. The van der Waals surface area contributed by atoms with Gasteiger partial charge in [-0.15, -0.1) is 0 Å². The van der Waals surface area contributed by atoms with Crippen LogP contribution in [0.2, 0.25) is 0 Å². The second kappa shape index (κ2) is 9.49. The van der Waals surface area contributed by atoms with Crippen molar-refractivity contribution in [3.05, 3.63) is 105 Å². The molecule has 1 aromatic carbocycles. The van der Waals surface area contributed by atoms with Gasteiger partial charge in [-0.2, -0.15) is 5.10 Å². The molecular weight excluding hydrogens is 464 g/mol. The largest absolute Gasteiger partial charge is 0.333 e. The lowest BCUT2D eigenvalue weighted by molar-refractivity contribution is 0.0721. The smallest absolute Gasteiger partial charge is 0.272 e. The van der Waals surface area contributed by atoms with Crippen molar-refractivity contribution in [2.45, 2.75) is 32.9 Å². The van der Waals surface area contributed by atoms with Crippen LogP contribution in [-0.2, 0) is 33.0 Å². The van der Waals surface area contributed by atoms with Crippen molar-refractivity contribution in [1.82, 2.24) is 24.2 Å². The van der Waals surface area contributed by atoms with Crippen molar-refractivity contribution in [2.75, 3.05) is 6.54 Å². The van der Waals surface area contributed by atoms with Crippen LogP contribution >= 0.6 is 0 Å². The third kappa shape index (κ3) is 4.32. The number of rotatable bonds is 5. The number of fused-ring (bicyclic) bond motifs is 1. The number of pyridine rings is 2. The highest BCUT2D eigenvalue weighted by Gasteiger charge is 2.28. The van der Waals surface area contributed by atoms with E-state index >= 15 is 0 Å². The van der Waals surface area contributed by atoms with Crippen molar-refractivity contribution in [3.8, 4) is 11.1 Å². The highest BCUT2D eigenvalue weighted by atomic mass is 19.1. The van der Waals surface area contributed by atoms with E-state index in [1.807, 2.05) is 19.1 Å². The quantitative estimate of drug-likeness (QED) is 0.428. The summed E-state index contributed by atoms with van der Waals surface area (Å²) in [5, 5.41) is 4.38. The summed E-state index contributed by atoms with van der Waals surface area (Å²) in [7, 11) is 1.74. The van der Waals surface area contributed by atoms with E-state index in [4.69, 9.17) is 0 Å². The minimum absolute atomic E-state index is 0.0154. The standard InChI is InChI=1S/C27H25F2N5O2/c1-3-19-14-25(32(2)31-19)27(36)33-11-9-24-17(15-33)12-22(21-8-7-18(28)13-23(21)29)26(35)34(24)16-20-6-4-5-10-30-20/h4-8,10,12-14H,3,9,11,15-16H2,1-2H3. The highest BCUT2D eigenvalue weighted by molar-refractivity contribution is 5.93. The number of benzene rings is 1. The van der Waals surface area contributed by atoms with Gasteiger partial charge in [0.2, 0.25) is 0 Å². The second-order valence-corrected chi connectivity index (χ2v) is 8.84. The third-order valence-electron chi connectivity index (χ3n) is 6.54. The number of hydrogen-bond acceptors (Lipinski definition) is 4. The number of nitrogens with zero attached hydrogens (tertiary/aromatic N) is 5. The van der Waals surface area contributed by atoms with Gasteiger partial charge in [0, 0.05) is 50.1 Å². The number of carbonyl (C=O) groups excluding carboxylic acids is 1. The predicted molar refractivity (Wildman–Crippen MR) is 130 cm³/mol. The summed E-state index contributed by atoms with van der Waals surface area (Å²) >= 11 is 0. The van der Waals surface area contributed by atoms with E-state index in [1.165, 1.54) is 6.07 Å². The predicted octanol–water partition coefficient (Wildman–Crippen LogP) is 3.73. The lowest BCUT2D eigenvalue weighted by atomic mass is 9.98. The summed E-state index contributed by atoms with van der Waals surface area (Å²) in [6, 6.07) is 12.0. The Morgan fingerprint density at radius 3 is 2.58 bits per heavy atom. The van der Waals surface area contributed by atoms with Crippen LogP contribution in [0.4, 0.5) is 8.78 Å². The Morgan fingerprint density at radius 1 is 1.06 bits per heavy atom. The fourth-order valence-electron chi connectivity index (χ4n) is 4.68. The molecule has 4 heterocycles. The van der Waals surface area contributed by atoms with Crippen LogP contribution in [0, 0.1) is 11.6 Å². The molecule has 0 unspecified atom stereocenters. The van der Waals surface area contributed by atoms with E-state index in [0.29, 0.717) is 24.4 Å². The molecule has 1 aliphatic rings. The van der Waals surface area contributed by atoms with E-state index < -0.39 is 11.6 Å². The van der Waals surface area contributed by atoms with Gasteiger partial charge in [0.05, 0.1) is 23.5 Å². The van der Waals surface area contributed by atoms with Crippen LogP contribution in [0.3, 0.4) is 0 Å². The van der Waals surface area contributed by atoms with Crippen molar-refractivity contribution >= 4 is 5.91 Å². The van der Waals surface area contributed by atoms with Crippen molar-refractivity contribution in [2.24, 2.45) is 7.05 Å². The van der Waals surface area contributed by atoms with E-state index in [-0.39, 0.29) is 35.7 Å². The summed E-state index contributed by atoms with van der Waals surface area (Å²) in [5.41, 5.74) is 3.26. The third-order valence-corrected chi connectivity index (χ3v) is 6.54. The molecule has 7 nitrogen and oxygen atoms in total. The van der Waals surface area contributed by atoms with Gasteiger partial charge in [0.15, 0.2) is 0 Å². The molecule has 0 bridgehead atoms. The molecule has 0 radical (unpaired) electrons. The van der Waals surface area contributed by atoms with Gasteiger partial charge < -0.3 is 9.47 Å². The zero-order valence-electron chi connectivity index (χ0n) is 20.0. The highest BCUT2D eigenvalue weighted by Crippen LogP contribution is 2.27. The Labute approximate surface area is 206 Å². The number of aromatic nitrogens is 4. The molecule has 0 N–H and O–H groups in total. The summed E-state index contributed by atoms with van der Waals surface area (Å²) in [6.45, 7) is 2.85. The molecule has 0 spiro atoms. The molecule has 3 aromatic heterocycles. The Balaban J connectivity index is 1.59. The molecule has 0 saturated carbocycles. The lowest BCUT2D eigenvalue weighted by Gasteiger charge is -2.31. The normalized spacial score (nSPS) is 13.1. The first-order chi connectivity index (χ1) is 17.4. The van der Waals surface area contributed by atoms with Crippen LogP contribution in [0.25, 0.3) is 11.1 Å². The second-order valence-electron chi connectivity index (χ2n) is 8.84. The first kappa shape index (κ1) is 23.6. The molecule has 1 amide bonds. The van der Waals surface area contributed by atoms with Gasteiger partial charge in [-0.05, 0) is 48.4 Å². The maximum atomic E-state index is 14.7. The van der Waals surface area contributed by atoms with E-state index in [2.05, 4.69) is 10.1 Å². The molecular formula is C27H25F2N5O2. The molecule has 0 atom stereocenters. The van der Waals surface area contributed by atoms with Crippen molar-refractivity contribution < 1.29 is 13.6 Å². The molecule has 9 heteroatoms. The average Bonchev–Trinajstić information content (AvgIpc) is 3.26. The van der Waals surface area contributed by atoms with Crippen LogP contribution in [0.15, 0.2) is 59.5 Å². The van der Waals surface area contributed by atoms with Gasteiger partial charge in [-0.1, -0.05) is 13.0 Å². The minimum atomic E-state index is -0.817. The van der Waals surface area contributed by atoms with Crippen LogP contribution in [-0.4, -0.2) is 36.7 Å². The SMILES string of the molecule is CCc1cc(C(=O)N2CCc3c(cc(-c4ccc(F)cc4F)c(=O)n3Cc3ccccn3)C2)n(C)n1. The molecule has 0 fully saturated rings. The maximum Gasteiger partial charge on any atom is 0.272 e. The van der Waals surface area contributed by atoms with Gasteiger partial charge in [0.25, 0.3) is 11.5 Å². The fourth-order valence-corrected chi connectivity index (χ4v) is 4.68. The average molecular weight is 490 g/mol. The Kier molecular flexibility index (Phi) is 6.22. The number of halogens is 2. The first-order valence-electron chi connectivity index (χ1n) is 11.8. The van der Waals surface area contributed by atoms with E-state index in [9.17, 15) is 18.4 Å². The van der Waals surface area contributed by atoms with Gasteiger partial charge >= 0.3 is 0 Å². The lowest BCUT2D eigenvalue weighted by Crippen LogP contribution is -2.40. The Bertz CT molecular complexity index is 1510. The zero-order valence-corrected chi connectivity index (χ0v) is 20.0. The number of aryl methyl sites for hydroxylation is 2. The van der Waals surface area contributed by atoms with Crippen molar-refractivity contribution in [3.63, 3.8) is 0 Å². The monoisotopic (exact) mass is 489 g/mol. The Hall–Kier alpha value is -4.14. The fraction of sp³-hybridized carbons (Fsp3) is 0.259. The van der Waals surface area contributed by atoms with Gasteiger partial charge in [-0.3, -0.25) is 19.3 Å². The zero-order chi connectivity index (χ0) is 25.4. The summed E-state index contributed by atoms with van der Waals surface area (Å²) in [5.74, 6) is -1.70. The molecule has 0 aliphatic carbocycles. The molecule has 184 valence electrons. The van der Waals surface area contributed by atoms with E-state index in [1.54, 1.807) is 45.6 Å².